The molecule has 3 rings (SSSR count). The summed E-state index contributed by atoms with van der Waals surface area (Å²) in [6, 6.07) is 8.91. The standard InChI is InChI=1S/C20H26N2O3/c1-14(2)18-11-17(23)12-20(25-18)6-8-22(9-7-20)19(24)16-5-3-4-15(10-16)13-21/h3-5,10,14,17-18,23H,6-9,11-12H2,1-2H3/t17-,18-/m1/s1. The van der Waals surface area contributed by atoms with E-state index < -0.39 is 0 Å². The average molecular weight is 342 g/mol. The van der Waals surface area contributed by atoms with Gasteiger partial charge in [0.05, 0.1) is 29.4 Å². The Hall–Kier alpha value is -1.90. The van der Waals surface area contributed by atoms with Crippen LogP contribution in [-0.2, 0) is 4.74 Å². The quantitative estimate of drug-likeness (QED) is 0.897. The van der Waals surface area contributed by atoms with E-state index in [1.807, 2.05) is 4.90 Å². The van der Waals surface area contributed by atoms with E-state index in [4.69, 9.17) is 10.00 Å². The van der Waals surface area contributed by atoms with Crippen molar-refractivity contribution in [2.24, 2.45) is 5.92 Å². The number of benzene rings is 1. The van der Waals surface area contributed by atoms with E-state index in [1.54, 1.807) is 24.3 Å². The van der Waals surface area contributed by atoms with Gasteiger partial charge in [-0.05, 0) is 43.4 Å². The van der Waals surface area contributed by atoms with Gasteiger partial charge in [0.15, 0.2) is 0 Å². The monoisotopic (exact) mass is 342 g/mol. The van der Waals surface area contributed by atoms with Crippen LogP contribution in [0.2, 0.25) is 0 Å². The molecular weight excluding hydrogens is 316 g/mol. The molecule has 2 aliphatic heterocycles. The zero-order valence-electron chi connectivity index (χ0n) is 14.9. The first-order chi connectivity index (χ1) is 11.9. The van der Waals surface area contributed by atoms with E-state index in [9.17, 15) is 9.90 Å². The van der Waals surface area contributed by atoms with Crippen LogP contribution in [0.1, 0.15) is 55.5 Å². The van der Waals surface area contributed by atoms with Gasteiger partial charge in [0, 0.05) is 25.1 Å². The van der Waals surface area contributed by atoms with Crippen molar-refractivity contribution in [1.82, 2.24) is 4.90 Å². The number of nitriles is 1. The largest absolute Gasteiger partial charge is 0.393 e. The maximum atomic E-state index is 12.7. The van der Waals surface area contributed by atoms with E-state index in [-0.39, 0.29) is 23.7 Å². The lowest BCUT2D eigenvalue weighted by Gasteiger charge is -2.48. The second kappa shape index (κ2) is 7.15. The predicted octanol–water partition coefficient (Wildman–Crippen LogP) is 2.73. The van der Waals surface area contributed by atoms with Crippen molar-refractivity contribution in [3.63, 3.8) is 0 Å². The third-order valence-electron chi connectivity index (χ3n) is 5.46. The minimum Gasteiger partial charge on any atom is -0.393 e. The zero-order valence-corrected chi connectivity index (χ0v) is 14.9. The molecule has 134 valence electrons. The second-order valence-corrected chi connectivity index (χ2v) is 7.66. The number of ether oxygens (including phenoxy) is 1. The molecule has 2 saturated heterocycles. The summed E-state index contributed by atoms with van der Waals surface area (Å²) in [6.45, 7) is 5.48. The molecule has 1 spiro atoms. The van der Waals surface area contributed by atoms with Gasteiger partial charge >= 0.3 is 0 Å². The molecule has 1 aromatic carbocycles. The summed E-state index contributed by atoms with van der Waals surface area (Å²) in [5.74, 6) is 0.337. The number of amides is 1. The molecule has 0 bridgehead atoms. The Morgan fingerprint density at radius 3 is 2.76 bits per heavy atom. The Balaban J connectivity index is 1.67. The molecule has 1 amide bonds. The molecular formula is C20H26N2O3. The third-order valence-corrected chi connectivity index (χ3v) is 5.46. The topological polar surface area (TPSA) is 73.6 Å². The van der Waals surface area contributed by atoms with Crippen molar-refractivity contribution in [2.45, 2.75) is 57.3 Å². The van der Waals surface area contributed by atoms with E-state index in [0.717, 1.165) is 12.8 Å². The summed E-state index contributed by atoms with van der Waals surface area (Å²) < 4.78 is 6.38. The molecule has 25 heavy (non-hydrogen) atoms. The molecule has 0 aromatic heterocycles. The van der Waals surface area contributed by atoms with E-state index in [0.29, 0.717) is 43.0 Å². The lowest BCUT2D eigenvalue weighted by atomic mass is 9.80. The Morgan fingerprint density at radius 2 is 2.12 bits per heavy atom. The number of likely N-dealkylation sites (tertiary alicyclic amines) is 1. The molecule has 5 nitrogen and oxygen atoms in total. The number of rotatable bonds is 2. The van der Waals surface area contributed by atoms with Crippen LogP contribution < -0.4 is 0 Å². The lowest BCUT2D eigenvalue weighted by molar-refractivity contribution is -0.190. The third kappa shape index (κ3) is 3.86. The van der Waals surface area contributed by atoms with Gasteiger partial charge in [-0.2, -0.15) is 5.26 Å². The van der Waals surface area contributed by atoms with Gasteiger partial charge in [-0.25, -0.2) is 0 Å². The van der Waals surface area contributed by atoms with Crippen molar-refractivity contribution in [2.75, 3.05) is 13.1 Å². The van der Waals surface area contributed by atoms with Gasteiger partial charge in [-0.3, -0.25) is 4.79 Å². The predicted molar refractivity (Wildman–Crippen MR) is 94.0 cm³/mol. The highest BCUT2D eigenvalue weighted by molar-refractivity contribution is 5.94. The van der Waals surface area contributed by atoms with Crippen LogP contribution in [0, 0.1) is 17.2 Å². The molecule has 0 saturated carbocycles. The van der Waals surface area contributed by atoms with Crippen LogP contribution in [0.3, 0.4) is 0 Å². The highest BCUT2D eigenvalue weighted by atomic mass is 16.5. The summed E-state index contributed by atoms with van der Waals surface area (Å²) in [5.41, 5.74) is 0.746. The van der Waals surface area contributed by atoms with E-state index in [1.165, 1.54) is 0 Å². The first-order valence-corrected chi connectivity index (χ1v) is 9.08. The van der Waals surface area contributed by atoms with Gasteiger partial charge in [0.1, 0.15) is 0 Å². The fourth-order valence-electron chi connectivity index (χ4n) is 3.95. The molecule has 2 aliphatic rings. The van der Waals surface area contributed by atoms with Crippen LogP contribution in [0.5, 0.6) is 0 Å². The van der Waals surface area contributed by atoms with Crippen molar-refractivity contribution in [1.29, 1.82) is 5.26 Å². The maximum Gasteiger partial charge on any atom is 0.253 e. The number of hydrogen-bond acceptors (Lipinski definition) is 4. The summed E-state index contributed by atoms with van der Waals surface area (Å²) in [6.07, 6.45) is 2.60. The summed E-state index contributed by atoms with van der Waals surface area (Å²) >= 11 is 0. The zero-order chi connectivity index (χ0) is 18.0. The van der Waals surface area contributed by atoms with Crippen molar-refractivity contribution in [3.05, 3.63) is 35.4 Å². The highest BCUT2D eigenvalue weighted by Crippen LogP contribution is 2.39. The fraction of sp³-hybridized carbons (Fsp3) is 0.600. The fourth-order valence-corrected chi connectivity index (χ4v) is 3.95. The van der Waals surface area contributed by atoms with Crippen LogP contribution in [0.25, 0.3) is 0 Å². The van der Waals surface area contributed by atoms with Gasteiger partial charge in [-0.1, -0.05) is 19.9 Å². The van der Waals surface area contributed by atoms with Crippen molar-refractivity contribution < 1.29 is 14.6 Å². The van der Waals surface area contributed by atoms with Crippen LogP contribution in [0.4, 0.5) is 0 Å². The minimum absolute atomic E-state index is 0.0382. The number of aliphatic hydroxyl groups is 1. The molecule has 1 aromatic rings. The Morgan fingerprint density at radius 1 is 1.40 bits per heavy atom. The normalized spacial score (nSPS) is 25.8. The highest BCUT2D eigenvalue weighted by Gasteiger charge is 2.44. The Kier molecular flexibility index (Phi) is 5.12. The number of carbonyl (C=O) groups is 1. The van der Waals surface area contributed by atoms with E-state index >= 15 is 0 Å². The number of aliphatic hydroxyl groups excluding tert-OH is 1. The SMILES string of the molecule is CC(C)[C@H]1C[C@@H](O)CC2(CCN(C(=O)c3cccc(C#N)c3)CC2)O1. The number of hydrogen-bond donors (Lipinski definition) is 1. The Labute approximate surface area is 149 Å². The Bertz CT molecular complexity index is 672. The number of piperidine rings is 1. The number of nitrogens with zero attached hydrogens (tertiary/aromatic N) is 2. The molecule has 0 aliphatic carbocycles. The van der Waals surface area contributed by atoms with Crippen molar-refractivity contribution >= 4 is 5.91 Å². The van der Waals surface area contributed by atoms with Crippen LogP contribution in [0.15, 0.2) is 24.3 Å². The summed E-state index contributed by atoms with van der Waals surface area (Å²) in [4.78, 5) is 14.5. The average Bonchev–Trinajstić information content (AvgIpc) is 2.61. The second-order valence-electron chi connectivity index (χ2n) is 7.66. The minimum atomic E-state index is -0.323. The first-order valence-electron chi connectivity index (χ1n) is 9.08. The summed E-state index contributed by atoms with van der Waals surface area (Å²) in [7, 11) is 0. The molecule has 0 unspecified atom stereocenters. The molecule has 2 atom stereocenters. The maximum absolute atomic E-state index is 12.7. The smallest absolute Gasteiger partial charge is 0.253 e. The van der Waals surface area contributed by atoms with Gasteiger partial charge in [0.2, 0.25) is 0 Å². The van der Waals surface area contributed by atoms with Crippen LogP contribution >= 0.6 is 0 Å². The van der Waals surface area contributed by atoms with Gasteiger partial charge in [0.25, 0.3) is 5.91 Å². The molecule has 1 N–H and O–H groups in total. The number of carbonyl (C=O) groups excluding carboxylic acids is 1. The molecule has 0 radical (unpaired) electrons. The van der Waals surface area contributed by atoms with Crippen LogP contribution in [-0.4, -0.2) is 46.8 Å². The van der Waals surface area contributed by atoms with Gasteiger partial charge in [-0.15, -0.1) is 0 Å². The molecule has 2 heterocycles. The first kappa shape index (κ1) is 17.9. The van der Waals surface area contributed by atoms with E-state index in [2.05, 4.69) is 19.9 Å². The van der Waals surface area contributed by atoms with Crippen molar-refractivity contribution in [3.8, 4) is 6.07 Å². The van der Waals surface area contributed by atoms with Gasteiger partial charge < -0.3 is 14.7 Å². The summed E-state index contributed by atoms with van der Waals surface area (Å²) in [5, 5.41) is 19.3. The molecule has 5 heteroatoms. The molecule has 2 fully saturated rings. The lowest BCUT2D eigenvalue weighted by Crippen LogP contribution is -2.54.